The molecule has 1 N–H and O–H groups in total. The summed E-state index contributed by atoms with van der Waals surface area (Å²) < 4.78 is 2.03. The highest BCUT2D eigenvalue weighted by Crippen LogP contribution is 2.25. The minimum Gasteiger partial charge on any atom is -0.357 e. The molecule has 1 aromatic carbocycles. The van der Waals surface area contributed by atoms with Crippen LogP contribution in [0.15, 0.2) is 61.1 Å². The number of hydrogen-bond donors (Lipinski definition) is 1. The molecule has 1 amide bonds. The third-order valence-corrected chi connectivity index (χ3v) is 5.51. The number of pyridine rings is 1. The topological polar surface area (TPSA) is 50.2 Å². The minimum absolute atomic E-state index is 0.0190. The summed E-state index contributed by atoms with van der Waals surface area (Å²) in [4.78, 5) is 19.5. The molecule has 0 unspecified atom stereocenters. The predicted molar refractivity (Wildman–Crippen MR) is 113 cm³/mol. The van der Waals surface area contributed by atoms with Crippen LogP contribution in [0.1, 0.15) is 18.4 Å². The smallest absolute Gasteiger partial charge is 0.227 e. The van der Waals surface area contributed by atoms with Gasteiger partial charge in [-0.25, -0.2) is 4.98 Å². The molecular formula is C22H23ClN4O. The van der Waals surface area contributed by atoms with Gasteiger partial charge in [-0.05, 0) is 67.8 Å². The van der Waals surface area contributed by atoms with Crippen molar-refractivity contribution in [2.45, 2.75) is 19.8 Å². The number of amides is 1. The molecule has 1 saturated heterocycles. The average Bonchev–Trinajstić information content (AvgIpc) is 3.25. The van der Waals surface area contributed by atoms with Gasteiger partial charge in [-0.3, -0.25) is 4.79 Å². The van der Waals surface area contributed by atoms with Crippen molar-refractivity contribution in [2.75, 3.05) is 23.3 Å². The lowest BCUT2D eigenvalue weighted by Gasteiger charge is -2.32. The van der Waals surface area contributed by atoms with Crippen molar-refractivity contribution in [1.82, 2.24) is 9.55 Å². The second kappa shape index (κ2) is 8.07. The zero-order valence-electron chi connectivity index (χ0n) is 15.8. The standard InChI is InChI=1S/C22H23ClN4O/c1-16-14-18(23)4-6-20(16)25-22(28)17-8-12-27(13-9-17)21-7-5-19(15-24-21)26-10-2-3-11-26/h2-7,10-11,14-15,17H,8-9,12-13H2,1H3,(H,25,28). The van der Waals surface area contributed by atoms with Crippen LogP contribution in [-0.2, 0) is 4.79 Å². The Morgan fingerprint density at radius 2 is 1.89 bits per heavy atom. The molecular weight excluding hydrogens is 372 g/mol. The largest absolute Gasteiger partial charge is 0.357 e. The van der Waals surface area contributed by atoms with Crippen LogP contribution in [0.25, 0.3) is 5.69 Å². The molecule has 4 rings (SSSR count). The van der Waals surface area contributed by atoms with Crippen molar-refractivity contribution in [3.63, 3.8) is 0 Å². The summed E-state index contributed by atoms with van der Waals surface area (Å²) in [6.07, 6.45) is 7.53. The van der Waals surface area contributed by atoms with Gasteiger partial charge in [-0.2, -0.15) is 0 Å². The molecule has 0 spiro atoms. The number of aryl methyl sites for hydroxylation is 1. The SMILES string of the molecule is Cc1cc(Cl)ccc1NC(=O)C1CCN(c2ccc(-n3cccc3)cn2)CC1. The zero-order chi connectivity index (χ0) is 19.5. The third-order valence-electron chi connectivity index (χ3n) is 5.27. The molecule has 0 saturated carbocycles. The third kappa shape index (κ3) is 4.04. The summed E-state index contributed by atoms with van der Waals surface area (Å²) in [5.41, 5.74) is 2.85. The van der Waals surface area contributed by atoms with E-state index in [-0.39, 0.29) is 11.8 Å². The molecule has 6 heteroatoms. The number of aromatic nitrogens is 2. The van der Waals surface area contributed by atoms with Gasteiger partial charge in [0.1, 0.15) is 5.82 Å². The highest BCUT2D eigenvalue weighted by Gasteiger charge is 2.26. The summed E-state index contributed by atoms with van der Waals surface area (Å²) in [5, 5.41) is 3.73. The second-order valence-electron chi connectivity index (χ2n) is 7.17. The first-order valence-electron chi connectivity index (χ1n) is 9.51. The van der Waals surface area contributed by atoms with Crippen LogP contribution in [-0.4, -0.2) is 28.5 Å². The Balaban J connectivity index is 1.34. The predicted octanol–water partition coefficient (Wildman–Crippen LogP) is 4.69. The van der Waals surface area contributed by atoms with E-state index in [0.29, 0.717) is 5.02 Å². The maximum Gasteiger partial charge on any atom is 0.227 e. The Morgan fingerprint density at radius 3 is 2.54 bits per heavy atom. The molecule has 1 aliphatic rings. The average molecular weight is 395 g/mol. The van der Waals surface area contributed by atoms with Crippen molar-refractivity contribution < 1.29 is 4.79 Å². The van der Waals surface area contributed by atoms with Crippen LogP contribution in [0.2, 0.25) is 5.02 Å². The van der Waals surface area contributed by atoms with Crippen molar-refractivity contribution in [1.29, 1.82) is 0 Å². The number of anilines is 2. The van der Waals surface area contributed by atoms with E-state index in [2.05, 4.69) is 21.3 Å². The molecule has 28 heavy (non-hydrogen) atoms. The maximum absolute atomic E-state index is 12.6. The summed E-state index contributed by atoms with van der Waals surface area (Å²) in [5.74, 6) is 1.06. The van der Waals surface area contributed by atoms with Crippen LogP contribution in [0.3, 0.4) is 0 Å². The van der Waals surface area contributed by atoms with Gasteiger partial charge in [-0.15, -0.1) is 0 Å². The molecule has 0 aliphatic carbocycles. The number of benzene rings is 1. The van der Waals surface area contributed by atoms with Gasteiger partial charge in [0.25, 0.3) is 0 Å². The van der Waals surface area contributed by atoms with Gasteiger partial charge in [0, 0.05) is 42.1 Å². The van der Waals surface area contributed by atoms with E-state index in [1.165, 1.54) is 0 Å². The Hall–Kier alpha value is -2.79. The molecule has 144 valence electrons. The van der Waals surface area contributed by atoms with Crippen molar-refractivity contribution >= 4 is 29.0 Å². The molecule has 1 aliphatic heterocycles. The van der Waals surface area contributed by atoms with E-state index < -0.39 is 0 Å². The molecule has 0 radical (unpaired) electrons. The maximum atomic E-state index is 12.6. The van der Waals surface area contributed by atoms with Crippen LogP contribution >= 0.6 is 11.6 Å². The lowest BCUT2D eigenvalue weighted by atomic mass is 9.95. The van der Waals surface area contributed by atoms with Gasteiger partial charge in [0.05, 0.1) is 11.9 Å². The van der Waals surface area contributed by atoms with Gasteiger partial charge in [0.15, 0.2) is 0 Å². The van der Waals surface area contributed by atoms with E-state index in [4.69, 9.17) is 11.6 Å². The number of piperidine rings is 1. The zero-order valence-corrected chi connectivity index (χ0v) is 16.6. The lowest BCUT2D eigenvalue weighted by molar-refractivity contribution is -0.120. The second-order valence-corrected chi connectivity index (χ2v) is 7.61. The number of hydrogen-bond acceptors (Lipinski definition) is 3. The first-order valence-corrected chi connectivity index (χ1v) is 9.89. The highest BCUT2D eigenvalue weighted by atomic mass is 35.5. The van der Waals surface area contributed by atoms with Gasteiger partial charge in [0.2, 0.25) is 5.91 Å². The number of carbonyl (C=O) groups excluding carboxylic acids is 1. The summed E-state index contributed by atoms with van der Waals surface area (Å²) in [6, 6.07) is 13.6. The molecule has 3 heterocycles. The van der Waals surface area contributed by atoms with E-state index in [9.17, 15) is 4.79 Å². The van der Waals surface area contributed by atoms with Crippen LogP contribution in [0.4, 0.5) is 11.5 Å². The fourth-order valence-electron chi connectivity index (χ4n) is 3.60. The number of carbonyl (C=O) groups is 1. The number of rotatable bonds is 4. The first-order chi connectivity index (χ1) is 13.6. The summed E-state index contributed by atoms with van der Waals surface area (Å²) in [7, 11) is 0. The molecule has 2 aromatic heterocycles. The molecule has 0 atom stereocenters. The van der Waals surface area contributed by atoms with Crippen molar-refractivity contribution in [3.05, 3.63) is 71.6 Å². The lowest BCUT2D eigenvalue weighted by Crippen LogP contribution is -2.38. The first kappa shape index (κ1) is 18.6. The van der Waals surface area contributed by atoms with Crippen LogP contribution in [0.5, 0.6) is 0 Å². The normalized spacial score (nSPS) is 14.9. The number of nitrogens with zero attached hydrogens (tertiary/aromatic N) is 3. The number of halogens is 1. The van der Waals surface area contributed by atoms with Crippen LogP contribution < -0.4 is 10.2 Å². The number of nitrogens with one attached hydrogen (secondary N) is 1. The summed E-state index contributed by atoms with van der Waals surface area (Å²) >= 11 is 5.99. The molecule has 1 fully saturated rings. The fraction of sp³-hybridized carbons (Fsp3) is 0.273. The van der Waals surface area contributed by atoms with E-state index >= 15 is 0 Å². The summed E-state index contributed by atoms with van der Waals surface area (Å²) in [6.45, 7) is 3.61. The van der Waals surface area contributed by atoms with Gasteiger partial charge < -0.3 is 14.8 Å². The monoisotopic (exact) mass is 394 g/mol. The Kier molecular flexibility index (Phi) is 5.35. The van der Waals surface area contributed by atoms with Gasteiger partial charge in [-0.1, -0.05) is 11.6 Å². The van der Waals surface area contributed by atoms with Crippen molar-refractivity contribution in [2.24, 2.45) is 5.92 Å². The fourth-order valence-corrected chi connectivity index (χ4v) is 3.82. The Morgan fingerprint density at radius 1 is 1.14 bits per heavy atom. The van der Waals surface area contributed by atoms with E-state index in [1.807, 2.05) is 60.4 Å². The minimum atomic E-state index is 0.0190. The molecule has 3 aromatic rings. The van der Waals surface area contributed by atoms with E-state index in [0.717, 1.165) is 48.7 Å². The molecule has 5 nitrogen and oxygen atoms in total. The quantitative estimate of drug-likeness (QED) is 0.698. The highest BCUT2D eigenvalue weighted by molar-refractivity contribution is 6.30. The Bertz CT molecular complexity index is 945. The van der Waals surface area contributed by atoms with Crippen molar-refractivity contribution in [3.8, 4) is 5.69 Å². The van der Waals surface area contributed by atoms with Gasteiger partial charge >= 0.3 is 0 Å². The van der Waals surface area contributed by atoms with Crippen LogP contribution in [0, 0.1) is 12.8 Å². The molecule has 0 bridgehead atoms. The Labute approximate surface area is 170 Å². The van der Waals surface area contributed by atoms with E-state index in [1.54, 1.807) is 6.07 Å².